The summed E-state index contributed by atoms with van der Waals surface area (Å²) in [7, 11) is 1.89. The Morgan fingerprint density at radius 2 is 1.85 bits per heavy atom. The molecule has 0 aliphatic carbocycles. The van der Waals surface area contributed by atoms with Crippen molar-refractivity contribution in [1.29, 1.82) is 0 Å². The van der Waals surface area contributed by atoms with Gasteiger partial charge in [0.05, 0.1) is 0 Å². The minimum absolute atomic E-state index is 0.160. The van der Waals surface area contributed by atoms with Crippen LogP contribution in [0.2, 0.25) is 0 Å². The van der Waals surface area contributed by atoms with Crippen LogP contribution in [-0.2, 0) is 4.79 Å². The van der Waals surface area contributed by atoms with Gasteiger partial charge in [0.25, 0.3) is 0 Å². The number of carbonyl (C=O) groups is 1. The molecule has 0 aliphatic heterocycles. The van der Waals surface area contributed by atoms with E-state index in [1.165, 1.54) is 0 Å². The van der Waals surface area contributed by atoms with Crippen LogP contribution in [0.3, 0.4) is 0 Å². The molecule has 0 bridgehead atoms. The van der Waals surface area contributed by atoms with Crippen molar-refractivity contribution in [2.24, 2.45) is 11.3 Å². The standard InChI is InChI=1S/C11H23NO/c1-7-9(2)10(13)12(6)8-11(3,4)5/h9H,7-8H2,1-6H3. The van der Waals surface area contributed by atoms with Gasteiger partial charge in [0.15, 0.2) is 0 Å². The van der Waals surface area contributed by atoms with E-state index in [9.17, 15) is 4.79 Å². The molecule has 0 radical (unpaired) electrons. The second-order valence-electron chi connectivity index (χ2n) is 5.06. The lowest BCUT2D eigenvalue weighted by molar-refractivity contribution is -0.134. The fourth-order valence-electron chi connectivity index (χ4n) is 1.34. The van der Waals surface area contributed by atoms with Crippen molar-refractivity contribution in [3.8, 4) is 0 Å². The Bertz CT molecular complexity index is 169. The normalized spacial score (nSPS) is 14.0. The number of carbonyl (C=O) groups excluding carboxylic acids is 1. The summed E-state index contributed by atoms with van der Waals surface area (Å²) in [6.07, 6.45) is 0.924. The Labute approximate surface area is 82.3 Å². The summed E-state index contributed by atoms with van der Waals surface area (Å²) in [6.45, 7) is 11.3. The molecule has 1 unspecified atom stereocenters. The van der Waals surface area contributed by atoms with Gasteiger partial charge in [-0.25, -0.2) is 0 Å². The van der Waals surface area contributed by atoms with Crippen LogP contribution in [0.25, 0.3) is 0 Å². The number of hydrogen-bond donors (Lipinski definition) is 0. The second kappa shape index (κ2) is 4.64. The van der Waals surface area contributed by atoms with Crippen LogP contribution in [0.1, 0.15) is 41.0 Å². The van der Waals surface area contributed by atoms with Gasteiger partial charge in [-0.3, -0.25) is 4.79 Å². The quantitative estimate of drug-likeness (QED) is 0.661. The fourth-order valence-corrected chi connectivity index (χ4v) is 1.34. The van der Waals surface area contributed by atoms with Gasteiger partial charge in [-0.2, -0.15) is 0 Å². The number of amides is 1. The first-order valence-electron chi connectivity index (χ1n) is 5.03. The lowest BCUT2D eigenvalue weighted by Gasteiger charge is -2.28. The summed E-state index contributed by atoms with van der Waals surface area (Å²) in [5, 5.41) is 0. The van der Waals surface area contributed by atoms with Crippen LogP contribution in [-0.4, -0.2) is 24.4 Å². The van der Waals surface area contributed by atoms with E-state index >= 15 is 0 Å². The average molecular weight is 185 g/mol. The van der Waals surface area contributed by atoms with E-state index in [4.69, 9.17) is 0 Å². The maximum atomic E-state index is 11.7. The van der Waals surface area contributed by atoms with Crippen molar-refractivity contribution in [3.63, 3.8) is 0 Å². The van der Waals surface area contributed by atoms with E-state index in [2.05, 4.69) is 20.8 Å². The Morgan fingerprint density at radius 3 is 2.15 bits per heavy atom. The van der Waals surface area contributed by atoms with Crippen molar-refractivity contribution in [3.05, 3.63) is 0 Å². The van der Waals surface area contributed by atoms with Gasteiger partial charge in [-0.15, -0.1) is 0 Å². The summed E-state index contributed by atoms with van der Waals surface area (Å²) < 4.78 is 0. The third-order valence-corrected chi connectivity index (χ3v) is 2.12. The van der Waals surface area contributed by atoms with Crippen LogP contribution in [0.4, 0.5) is 0 Å². The summed E-state index contributed by atoms with van der Waals surface area (Å²) >= 11 is 0. The van der Waals surface area contributed by atoms with Crippen LogP contribution < -0.4 is 0 Å². The van der Waals surface area contributed by atoms with Crippen molar-refractivity contribution < 1.29 is 4.79 Å². The van der Waals surface area contributed by atoms with E-state index in [-0.39, 0.29) is 17.2 Å². The highest BCUT2D eigenvalue weighted by atomic mass is 16.2. The molecule has 0 saturated heterocycles. The first-order chi connectivity index (χ1) is 5.78. The summed E-state index contributed by atoms with van der Waals surface area (Å²) in [6, 6.07) is 0. The zero-order valence-electron chi connectivity index (χ0n) is 9.85. The first kappa shape index (κ1) is 12.5. The van der Waals surface area contributed by atoms with Crippen molar-refractivity contribution in [2.75, 3.05) is 13.6 Å². The number of nitrogens with zero attached hydrogens (tertiary/aromatic N) is 1. The summed E-state index contributed by atoms with van der Waals surface area (Å²) in [5.74, 6) is 0.421. The smallest absolute Gasteiger partial charge is 0.225 e. The first-order valence-corrected chi connectivity index (χ1v) is 5.03. The maximum absolute atomic E-state index is 11.7. The van der Waals surface area contributed by atoms with E-state index < -0.39 is 0 Å². The topological polar surface area (TPSA) is 20.3 Å². The predicted molar refractivity (Wildman–Crippen MR) is 56.5 cm³/mol. The molecule has 0 aromatic rings. The van der Waals surface area contributed by atoms with E-state index in [0.717, 1.165) is 13.0 Å². The summed E-state index contributed by atoms with van der Waals surface area (Å²) in [5.41, 5.74) is 0.192. The van der Waals surface area contributed by atoms with E-state index in [1.54, 1.807) is 0 Å². The lowest BCUT2D eigenvalue weighted by Crippen LogP contribution is -2.37. The number of hydrogen-bond acceptors (Lipinski definition) is 1. The Kier molecular flexibility index (Phi) is 4.45. The average Bonchev–Trinajstić information content (AvgIpc) is 1.98. The highest BCUT2D eigenvalue weighted by Gasteiger charge is 2.20. The third-order valence-electron chi connectivity index (χ3n) is 2.12. The van der Waals surface area contributed by atoms with Crippen molar-refractivity contribution in [2.45, 2.75) is 41.0 Å². The maximum Gasteiger partial charge on any atom is 0.225 e. The fraction of sp³-hybridized carbons (Fsp3) is 0.909. The highest BCUT2D eigenvalue weighted by Crippen LogP contribution is 2.16. The monoisotopic (exact) mass is 185 g/mol. The molecule has 2 nitrogen and oxygen atoms in total. The van der Waals surface area contributed by atoms with Gasteiger partial charge < -0.3 is 4.90 Å². The zero-order valence-corrected chi connectivity index (χ0v) is 9.85. The molecule has 0 heterocycles. The van der Waals surface area contributed by atoms with Crippen LogP contribution in [0.15, 0.2) is 0 Å². The molecule has 0 saturated carbocycles. The molecular weight excluding hydrogens is 162 g/mol. The van der Waals surface area contributed by atoms with Gasteiger partial charge in [-0.05, 0) is 11.8 Å². The molecule has 78 valence electrons. The van der Waals surface area contributed by atoms with Gasteiger partial charge in [0.2, 0.25) is 5.91 Å². The molecule has 13 heavy (non-hydrogen) atoms. The minimum atomic E-state index is 0.160. The zero-order chi connectivity index (χ0) is 10.6. The highest BCUT2D eigenvalue weighted by molar-refractivity contribution is 5.78. The second-order valence-corrected chi connectivity index (χ2v) is 5.06. The molecule has 0 spiro atoms. The molecular formula is C11H23NO. The van der Waals surface area contributed by atoms with E-state index in [0.29, 0.717) is 0 Å². The van der Waals surface area contributed by atoms with Crippen molar-refractivity contribution >= 4 is 5.91 Å². The van der Waals surface area contributed by atoms with Gasteiger partial charge in [0.1, 0.15) is 0 Å². The molecule has 0 N–H and O–H groups in total. The summed E-state index contributed by atoms with van der Waals surface area (Å²) in [4.78, 5) is 13.5. The minimum Gasteiger partial charge on any atom is -0.345 e. The molecule has 0 rings (SSSR count). The molecule has 1 amide bonds. The Morgan fingerprint density at radius 1 is 1.38 bits per heavy atom. The van der Waals surface area contributed by atoms with Gasteiger partial charge in [-0.1, -0.05) is 34.6 Å². The third kappa shape index (κ3) is 4.91. The predicted octanol–water partition coefficient (Wildman–Crippen LogP) is 2.54. The molecule has 0 aromatic carbocycles. The van der Waals surface area contributed by atoms with Gasteiger partial charge in [0, 0.05) is 19.5 Å². The lowest BCUT2D eigenvalue weighted by atomic mass is 9.95. The van der Waals surface area contributed by atoms with Gasteiger partial charge >= 0.3 is 0 Å². The van der Waals surface area contributed by atoms with Crippen LogP contribution in [0.5, 0.6) is 0 Å². The molecule has 1 atom stereocenters. The molecule has 0 aliphatic rings. The molecule has 0 aromatic heterocycles. The Hall–Kier alpha value is -0.530. The molecule has 0 fully saturated rings. The van der Waals surface area contributed by atoms with E-state index in [1.807, 2.05) is 25.8 Å². The van der Waals surface area contributed by atoms with Crippen molar-refractivity contribution in [1.82, 2.24) is 4.90 Å². The SMILES string of the molecule is CCC(C)C(=O)N(C)CC(C)(C)C. The molecule has 2 heteroatoms. The number of rotatable bonds is 3. The Balaban J connectivity index is 4.12. The van der Waals surface area contributed by atoms with Crippen LogP contribution in [0, 0.1) is 11.3 Å². The largest absolute Gasteiger partial charge is 0.345 e. The van der Waals surface area contributed by atoms with Crippen LogP contribution >= 0.6 is 0 Å².